The highest BCUT2D eigenvalue weighted by atomic mass is 16.6. The lowest BCUT2D eigenvalue weighted by Crippen LogP contribution is -2.38. The number of unbranched alkanes of at least 4 members (excludes halogenated alkanes) is 3. The number of aliphatic carboxylic acids is 1. The molecule has 7 heteroatoms. The molecule has 1 rings (SSSR count). The van der Waals surface area contributed by atoms with E-state index in [1.165, 1.54) is 17.1 Å². The van der Waals surface area contributed by atoms with Crippen molar-refractivity contribution >= 4 is 11.8 Å². The fourth-order valence-electron chi connectivity index (χ4n) is 1.92. The summed E-state index contributed by atoms with van der Waals surface area (Å²) in [5.74, 6) is -1.34. The lowest BCUT2D eigenvalue weighted by atomic mass is 9.94. The van der Waals surface area contributed by atoms with E-state index in [0.717, 1.165) is 25.7 Å². The van der Waals surface area contributed by atoms with E-state index >= 15 is 0 Å². The van der Waals surface area contributed by atoms with E-state index in [9.17, 15) is 20.0 Å². The lowest BCUT2D eigenvalue weighted by Gasteiger charge is -2.25. The Morgan fingerprint density at radius 3 is 2.68 bits per heavy atom. The molecular formula is C12H19N3O4. The number of hydrogen-bond donors (Lipinski definition) is 1. The second-order valence-electron chi connectivity index (χ2n) is 4.79. The summed E-state index contributed by atoms with van der Waals surface area (Å²) >= 11 is 0. The van der Waals surface area contributed by atoms with Crippen molar-refractivity contribution in [3.05, 3.63) is 22.6 Å². The average molecular weight is 269 g/mol. The van der Waals surface area contributed by atoms with E-state index in [1.54, 1.807) is 6.92 Å². The average Bonchev–Trinajstić information content (AvgIpc) is 2.84. The van der Waals surface area contributed by atoms with Crippen LogP contribution in [-0.2, 0) is 10.3 Å². The molecule has 0 saturated carbocycles. The highest BCUT2D eigenvalue weighted by Crippen LogP contribution is 2.26. The van der Waals surface area contributed by atoms with E-state index in [1.807, 2.05) is 0 Å². The van der Waals surface area contributed by atoms with Crippen LogP contribution in [0.4, 0.5) is 5.82 Å². The minimum Gasteiger partial charge on any atom is -0.479 e. The third kappa shape index (κ3) is 3.52. The Morgan fingerprint density at radius 1 is 1.53 bits per heavy atom. The van der Waals surface area contributed by atoms with Crippen LogP contribution in [0.1, 0.15) is 46.0 Å². The summed E-state index contributed by atoms with van der Waals surface area (Å²) in [6.07, 6.45) is 6.66. The van der Waals surface area contributed by atoms with Crippen LogP contribution in [0.15, 0.2) is 12.5 Å². The molecule has 0 aliphatic rings. The van der Waals surface area contributed by atoms with Crippen LogP contribution in [0, 0.1) is 10.1 Å². The summed E-state index contributed by atoms with van der Waals surface area (Å²) in [4.78, 5) is 25.0. The number of carboxylic acid groups (broad SMARTS) is 1. The first-order chi connectivity index (χ1) is 8.91. The van der Waals surface area contributed by atoms with Crippen molar-refractivity contribution in [1.29, 1.82) is 0 Å². The van der Waals surface area contributed by atoms with Crippen LogP contribution in [0.5, 0.6) is 0 Å². The van der Waals surface area contributed by atoms with Crippen LogP contribution in [-0.4, -0.2) is 25.6 Å². The van der Waals surface area contributed by atoms with Gasteiger partial charge in [0.2, 0.25) is 6.33 Å². The first kappa shape index (κ1) is 15.1. The van der Waals surface area contributed by atoms with Crippen molar-refractivity contribution in [3.8, 4) is 0 Å². The summed E-state index contributed by atoms with van der Waals surface area (Å²) in [7, 11) is 0. The zero-order valence-electron chi connectivity index (χ0n) is 11.2. The fourth-order valence-corrected chi connectivity index (χ4v) is 1.92. The van der Waals surface area contributed by atoms with E-state index in [4.69, 9.17) is 0 Å². The molecule has 0 unspecified atom stereocenters. The standard InChI is InChI=1S/C12H19N3O4/c1-3-4-5-6-7-12(2,11(16)17)14-8-10(13-9-14)15(18)19/h8-9H,3-7H2,1-2H3,(H,16,17)/t12-/m1/s1. The highest BCUT2D eigenvalue weighted by Gasteiger charge is 2.36. The van der Waals surface area contributed by atoms with Gasteiger partial charge in [-0.2, -0.15) is 0 Å². The number of carboxylic acids is 1. The molecule has 0 radical (unpaired) electrons. The van der Waals surface area contributed by atoms with Crippen LogP contribution < -0.4 is 0 Å². The topological polar surface area (TPSA) is 98.3 Å². The molecule has 0 amide bonds. The van der Waals surface area contributed by atoms with Crippen molar-refractivity contribution in [2.75, 3.05) is 0 Å². The van der Waals surface area contributed by atoms with Crippen molar-refractivity contribution in [1.82, 2.24) is 9.55 Å². The summed E-state index contributed by atoms with van der Waals surface area (Å²) in [5.41, 5.74) is -1.19. The third-order valence-electron chi connectivity index (χ3n) is 3.30. The van der Waals surface area contributed by atoms with Crippen molar-refractivity contribution < 1.29 is 14.8 Å². The summed E-state index contributed by atoms with van der Waals surface area (Å²) in [6.45, 7) is 3.64. The molecule has 0 aliphatic carbocycles. The normalized spacial score (nSPS) is 14.0. The van der Waals surface area contributed by atoms with Crippen LogP contribution >= 0.6 is 0 Å². The first-order valence-corrected chi connectivity index (χ1v) is 6.34. The molecule has 1 aromatic heterocycles. The van der Waals surface area contributed by atoms with Gasteiger partial charge in [0.05, 0.1) is 0 Å². The SMILES string of the molecule is CCCCCC[C@](C)(C(=O)O)n1cnc([N+](=O)[O-])c1. The van der Waals surface area contributed by atoms with Crippen molar-refractivity contribution in [2.45, 2.75) is 51.5 Å². The molecule has 0 aliphatic heterocycles. The molecule has 7 nitrogen and oxygen atoms in total. The summed E-state index contributed by atoms with van der Waals surface area (Å²) in [5, 5.41) is 20.0. The Bertz CT molecular complexity index is 458. The molecule has 106 valence electrons. The molecule has 1 aromatic rings. The van der Waals surface area contributed by atoms with Gasteiger partial charge in [0.25, 0.3) is 0 Å². The third-order valence-corrected chi connectivity index (χ3v) is 3.30. The number of carbonyl (C=O) groups is 1. The molecular weight excluding hydrogens is 250 g/mol. The van der Waals surface area contributed by atoms with E-state index < -0.39 is 16.4 Å². The highest BCUT2D eigenvalue weighted by molar-refractivity contribution is 5.76. The summed E-state index contributed by atoms with van der Waals surface area (Å²) < 4.78 is 1.32. The minimum absolute atomic E-state index is 0.332. The second-order valence-corrected chi connectivity index (χ2v) is 4.79. The fraction of sp³-hybridized carbons (Fsp3) is 0.667. The number of nitro groups is 1. The first-order valence-electron chi connectivity index (χ1n) is 6.34. The van der Waals surface area contributed by atoms with Gasteiger partial charge in [0.15, 0.2) is 0 Å². The van der Waals surface area contributed by atoms with Crippen molar-refractivity contribution in [2.24, 2.45) is 0 Å². The Labute approximate surface area is 111 Å². The zero-order chi connectivity index (χ0) is 14.5. The van der Waals surface area contributed by atoms with Crippen molar-refractivity contribution in [3.63, 3.8) is 0 Å². The maximum atomic E-state index is 11.4. The zero-order valence-corrected chi connectivity index (χ0v) is 11.2. The number of nitrogens with zero attached hydrogens (tertiary/aromatic N) is 3. The number of aromatic nitrogens is 2. The number of hydrogen-bond acceptors (Lipinski definition) is 4. The molecule has 0 spiro atoms. The second kappa shape index (κ2) is 6.31. The van der Waals surface area contributed by atoms with Gasteiger partial charge in [-0.1, -0.05) is 32.6 Å². The monoisotopic (exact) mass is 269 g/mol. The summed E-state index contributed by atoms with van der Waals surface area (Å²) in [6, 6.07) is 0. The van der Waals surface area contributed by atoms with Gasteiger partial charge < -0.3 is 15.2 Å². The predicted molar refractivity (Wildman–Crippen MR) is 68.9 cm³/mol. The quantitative estimate of drug-likeness (QED) is 0.444. The molecule has 0 aromatic carbocycles. The number of rotatable bonds is 8. The Morgan fingerprint density at radius 2 is 2.21 bits per heavy atom. The van der Waals surface area contributed by atoms with Crippen LogP contribution in [0.25, 0.3) is 0 Å². The molecule has 1 N–H and O–H groups in total. The van der Waals surface area contributed by atoms with Gasteiger partial charge >= 0.3 is 11.8 Å². The van der Waals surface area contributed by atoms with E-state index in [0.29, 0.717) is 6.42 Å². The van der Waals surface area contributed by atoms with Gasteiger partial charge in [-0.05, 0) is 23.3 Å². The van der Waals surface area contributed by atoms with Crippen LogP contribution in [0.2, 0.25) is 0 Å². The lowest BCUT2D eigenvalue weighted by molar-refractivity contribution is -0.389. The molecule has 19 heavy (non-hydrogen) atoms. The Hall–Kier alpha value is -1.92. The molecule has 0 bridgehead atoms. The predicted octanol–water partition coefficient (Wildman–Crippen LogP) is 2.56. The number of imidazole rings is 1. The van der Waals surface area contributed by atoms with E-state index in [-0.39, 0.29) is 5.82 Å². The minimum atomic E-state index is -1.19. The van der Waals surface area contributed by atoms with E-state index in [2.05, 4.69) is 11.9 Å². The smallest absolute Gasteiger partial charge is 0.381 e. The Kier molecular flexibility index (Phi) is 5.02. The maximum absolute atomic E-state index is 11.4. The van der Waals surface area contributed by atoms with Gasteiger partial charge in [-0.3, -0.25) is 4.57 Å². The largest absolute Gasteiger partial charge is 0.479 e. The Balaban J connectivity index is 2.85. The van der Waals surface area contributed by atoms with Gasteiger partial charge in [-0.25, -0.2) is 4.79 Å². The van der Waals surface area contributed by atoms with Crippen LogP contribution in [0.3, 0.4) is 0 Å². The van der Waals surface area contributed by atoms with Gasteiger partial charge in [0.1, 0.15) is 11.7 Å². The van der Waals surface area contributed by atoms with Gasteiger partial charge in [0, 0.05) is 0 Å². The molecule has 0 saturated heterocycles. The maximum Gasteiger partial charge on any atom is 0.381 e. The van der Waals surface area contributed by atoms with Gasteiger partial charge in [-0.15, -0.1) is 0 Å². The molecule has 0 fully saturated rings. The molecule has 1 atom stereocenters. The molecule has 1 heterocycles.